The Morgan fingerprint density at radius 2 is 2.12 bits per heavy atom. The van der Waals surface area contributed by atoms with Crippen molar-refractivity contribution >= 4 is 17.6 Å². The highest BCUT2D eigenvalue weighted by Crippen LogP contribution is 2.29. The van der Waals surface area contributed by atoms with Crippen LogP contribution in [0.15, 0.2) is 40.8 Å². The molecule has 0 saturated carbocycles. The molecule has 2 heterocycles. The van der Waals surface area contributed by atoms with Gasteiger partial charge in [0, 0.05) is 18.8 Å². The predicted octanol–water partition coefficient (Wildman–Crippen LogP) is 2.63. The summed E-state index contributed by atoms with van der Waals surface area (Å²) in [7, 11) is 1.87. The Morgan fingerprint density at radius 1 is 1.24 bits per heavy atom. The Hall–Kier alpha value is -1.62. The molecular weight excluding hydrogens is 232 g/mol. The molecular formula is C12H14N4S. The maximum Gasteiger partial charge on any atom is 0.133 e. The molecule has 0 unspecified atom stereocenters. The van der Waals surface area contributed by atoms with Gasteiger partial charge in [0.1, 0.15) is 22.2 Å². The van der Waals surface area contributed by atoms with Crippen molar-refractivity contribution in [2.45, 2.75) is 23.4 Å². The number of pyridine rings is 1. The third-order valence-electron chi connectivity index (χ3n) is 2.34. The van der Waals surface area contributed by atoms with Gasteiger partial charge in [-0.2, -0.15) is 0 Å². The monoisotopic (exact) mass is 246 g/mol. The molecule has 2 aromatic rings. The van der Waals surface area contributed by atoms with E-state index >= 15 is 0 Å². The van der Waals surface area contributed by atoms with Crippen LogP contribution >= 0.6 is 11.8 Å². The van der Waals surface area contributed by atoms with Gasteiger partial charge < -0.3 is 5.32 Å². The van der Waals surface area contributed by atoms with Gasteiger partial charge in [0.05, 0.1) is 0 Å². The second-order valence-electron chi connectivity index (χ2n) is 3.38. The summed E-state index contributed by atoms with van der Waals surface area (Å²) >= 11 is 1.57. The lowest BCUT2D eigenvalue weighted by atomic mass is 10.2. The van der Waals surface area contributed by atoms with Gasteiger partial charge in [-0.1, -0.05) is 13.0 Å². The number of rotatable bonds is 4. The molecule has 0 bridgehead atoms. The van der Waals surface area contributed by atoms with E-state index < -0.39 is 0 Å². The van der Waals surface area contributed by atoms with Crippen molar-refractivity contribution in [1.29, 1.82) is 0 Å². The summed E-state index contributed by atoms with van der Waals surface area (Å²) in [4.78, 5) is 12.8. The van der Waals surface area contributed by atoms with E-state index in [4.69, 9.17) is 0 Å². The van der Waals surface area contributed by atoms with Gasteiger partial charge in [0.2, 0.25) is 0 Å². The van der Waals surface area contributed by atoms with E-state index in [1.807, 2.05) is 25.2 Å². The Balaban J connectivity index is 2.33. The highest BCUT2D eigenvalue weighted by atomic mass is 32.2. The standard InChI is InChI=1S/C12H14N4S/c1-3-9-11(13-2)15-8-16-12(9)17-10-6-4-5-7-14-10/h4-8H,3H2,1-2H3,(H,13,15,16). The topological polar surface area (TPSA) is 50.7 Å². The molecule has 2 rings (SSSR count). The predicted molar refractivity (Wildman–Crippen MR) is 69.3 cm³/mol. The fourth-order valence-electron chi connectivity index (χ4n) is 1.52. The Labute approximate surface area is 105 Å². The zero-order valence-electron chi connectivity index (χ0n) is 9.84. The normalized spacial score (nSPS) is 10.2. The average Bonchev–Trinajstić information content (AvgIpc) is 2.39. The molecule has 0 aliphatic carbocycles. The van der Waals surface area contributed by atoms with Crippen molar-refractivity contribution in [2.75, 3.05) is 12.4 Å². The lowest BCUT2D eigenvalue weighted by Crippen LogP contribution is -2.01. The average molecular weight is 246 g/mol. The van der Waals surface area contributed by atoms with Gasteiger partial charge in [-0.3, -0.25) is 0 Å². The molecule has 0 saturated heterocycles. The molecule has 4 nitrogen and oxygen atoms in total. The van der Waals surface area contributed by atoms with Crippen LogP contribution in [0.25, 0.3) is 0 Å². The van der Waals surface area contributed by atoms with Gasteiger partial charge in [-0.05, 0) is 30.3 Å². The van der Waals surface area contributed by atoms with Crippen molar-refractivity contribution in [3.05, 3.63) is 36.3 Å². The third kappa shape index (κ3) is 2.74. The van der Waals surface area contributed by atoms with Crippen LogP contribution in [0.1, 0.15) is 12.5 Å². The van der Waals surface area contributed by atoms with Crippen LogP contribution in [-0.4, -0.2) is 22.0 Å². The van der Waals surface area contributed by atoms with Crippen molar-refractivity contribution < 1.29 is 0 Å². The molecule has 0 spiro atoms. The van der Waals surface area contributed by atoms with Gasteiger partial charge in [0.25, 0.3) is 0 Å². The molecule has 88 valence electrons. The molecule has 0 radical (unpaired) electrons. The van der Waals surface area contributed by atoms with Gasteiger partial charge >= 0.3 is 0 Å². The van der Waals surface area contributed by atoms with Crippen LogP contribution in [0, 0.1) is 0 Å². The number of aromatic nitrogens is 3. The molecule has 1 N–H and O–H groups in total. The maximum atomic E-state index is 4.33. The first-order valence-corrected chi connectivity index (χ1v) is 6.27. The first-order valence-electron chi connectivity index (χ1n) is 5.45. The van der Waals surface area contributed by atoms with E-state index in [9.17, 15) is 0 Å². The van der Waals surface area contributed by atoms with Crippen LogP contribution in [-0.2, 0) is 6.42 Å². The second kappa shape index (κ2) is 5.63. The van der Waals surface area contributed by atoms with Crippen LogP contribution in [0.5, 0.6) is 0 Å². The first-order chi connectivity index (χ1) is 8.35. The summed E-state index contributed by atoms with van der Waals surface area (Å²) in [5.74, 6) is 0.890. The van der Waals surface area contributed by atoms with Gasteiger partial charge in [-0.15, -0.1) is 0 Å². The maximum absolute atomic E-state index is 4.33. The van der Waals surface area contributed by atoms with Crippen LogP contribution in [0.2, 0.25) is 0 Å². The highest BCUT2D eigenvalue weighted by molar-refractivity contribution is 7.99. The van der Waals surface area contributed by atoms with E-state index in [1.54, 1.807) is 24.3 Å². The Kier molecular flexibility index (Phi) is 3.93. The molecule has 0 amide bonds. The SMILES string of the molecule is CCc1c(NC)ncnc1Sc1ccccn1. The quantitative estimate of drug-likeness (QED) is 0.840. The van der Waals surface area contributed by atoms with E-state index in [0.717, 1.165) is 27.9 Å². The van der Waals surface area contributed by atoms with Crippen molar-refractivity contribution in [3.63, 3.8) is 0 Å². The minimum absolute atomic E-state index is 0.890. The Bertz CT molecular complexity index is 487. The summed E-state index contributed by atoms with van der Waals surface area (Å²) in [5.41, 5.74) is 1.13. The molecule has 0 atom stereocenters. The number of hydrogen-bond acceptors (Lipinski definition) is 5. The van der Waals surface area contributed by atoms with Crippen molar-refractivity contribution in [3.8, 4) is 0 Å². The smallest absolute Gasteiger partial charge is 0.133 e. The molecule has 2 aromatic heterocycles. The van der Waals surface area contributed by atoms with E-state index in [0.29, 0.717) is 0 Å². The number of hydrogen-bond donors (Lipinski definition) is 1. The summed E-state index contributed by atoms with van der Waals surface area (Å²) in [6, 6.07) is 5.86. The zero-order chi connectivity index (χ0) is 12.1. The fourth-order valence-corrected chi connectivity index (χ4v) is 2.45. The van der Waals surface area contributed by atoms with E-state index in [1.165, 1.54) is 0 Å². The minimum atomic E-state index is 0.890. The van der Waals surface area contributed by atoms with E-state index in [-0.39, 0.29) is 0 Å². The van der Waals surface area contributed by atoms with Crippen LogP contribution in [0.3, 0.4) is 0 Å². The van der Waals surface area contributed by atoms with Crippen LogP contribution in [0.4, 0.5) is 5.82 Å². The number of anilines is 1. The first kappa shape index (κ1) is 11.9. The van der Waals surface area contributed by atoms with E-state index in [2.05, 4.69) is 27.2 Å². The van der Waals surface area contributed by atoms with Crippen LogP contribution < -0.4 is 5.32 Å². The molecule has 0 aromatic carbocycles. The zero-order valence-corrected chi connectivity index (χ0v) is 10.7. The van der Waals surface area contributed by atoms with Gasteiger partial charge in [0.15, 0.2) is 0 Å². The molecule has 5 heteroatoms. The molecule has 0 aliphatic heterocycles. The summed E-state index contributed by atoms with van der Waals surface area (Å²) < 4.78 is 0. The summed E-state index contributed by atoms with van der Waals surface area (Å²) in [6.45, 7) is 2.10. The Morgan fingerprint density at radius 3 is 2.76 bits per heavy atom. The van der Waals surface area contributed by atoms with Gasteiger partial charge in [-0.25, -0.2) is 15.0 Å². The summed E-state index contributed by atoms with van der Waals surface area (Å²) in [5, 5.41) is 5.00. The third-order valence-corrected chi connectivity index (χ3v) is 3.33. The van der Waals surface area contributed by atoms with Crippen molar-refractivity contribution in [2.24, 2.45) is 0 Å². The molecule has 0 fully saturated rings. The largest absolute Gasteiger partial charge is 0.373 e. The lowest BCUT2D eigenvalue weighted by Gasteiger charge is -2.09. The minimum Gasteiger partial charge on any atom is -0.373 e. The fraction of sp³-hybridized carbons (Fsp3) is 0.250. The highest BCUT2D eigenvalue weighted by Gasteiger charge is 2.10. The molecule has 17 heavy (non-hydrogen) atoms. The summed E-state index contributed by atoms with van der Waals surface area (Å²) in [6.07, 6.45) is 4.26. The van der Waals surface area contributed by atoms with Crippen molar-refractivity contribution in [1.82, 2.24) is 15.0 Å². The second-order valence-corrected chi connectivity index (χ2v) is 4.39. The molecule has 0 aliphatic rings. The number of nitrogens with zero attached hydrogens (tertiary/aromatic N) is 3. The lowest BCUT2D eigenvalue weighted by molar-refractivity contribution is 0.943. The number of nitrogens with one attached hydrogen (secondary N) is 1.